The van der Waals surface area contributed by atoms with Crippen LogP contribution in [0.25, 0.3) is 0 Å². The predicted molar refractivity (Wildman–Crippen MR) is 73.6 cm³/mol. The van der Waals surface area contributed by atoms with Crippen LogP contribution in [0.1, 0.15) is 6.42 Å². The van der Waals surface area contributed by atoms with Gasteiger partial charge in [-0.1, -0.05) is 0 Å². The lowest BCUT2D eigenvalue weighted by molar-refractivity contribution is -0.123. The summed E-state index contributed by atoms with van der Waals surface area (Å²) in [7, 11) is 1.63. The Morgan fingerprint density at radius 3 is 3.00 bits per heavy atom. The molecule has 1 amide bonds. The van der Waals surface area contributed by atoms with Crippen LogP contribution < -0.4 is 15.8 Å². The molecule has 0 heterocycles. The molecule has 18 heavy (non-hydrogen) atoms. The number of anilines is 1. The fraction of sp³-hybridized carbons (Fsp3) is 0.417. The van der Waals surface area contributed by atoms with Gasteiger partial charge < -0.3 is 20.5 Å². The van der Waals surface area contributed by atoms with Gasteiger partial charge in [-0.15, -0.1) is 0 Å². The number of nitrogens with one attached hydrogen (secondary N) is 1. The molecular formula is C12H17BrN2O3. The minimum absolute atomic E-state index is 0.0327. The van der Waals surface area contributed by atoms with Crippen molar-refractivity contribution in [3.05, 3.63) is 22.7 Å². The maximum Gasteiger partial charge on any atom is 0.257 e. The van der Waals surface area contributed by atoms with E-state index in [0.717, 1.165) is 10.9 Å². The highest BCUT2D eigenvalue weighted by atomic mass is 79.9. The Labute approximate surface area is 115 Å². The van der Waals surface area contributed by atoms with Crippen LogP contribution >= 0.6 is 15.9 Å². The molecule has 0 aromatic heterocycles. The third-order valence-electron chi connectivity index (χ3n) is 2.16. The number of benzene rings is 1. The zero-order chi connectivity index (χ0) is 13.4. The Kier molecular flexibility index (Phi) is 6.53. The molecule has 100 valence electrons. The number of rotatable bonds is 7. The number of ether oxygens (including phenoxy) is 2. The number of hydrogen-bond donors (Lipinski definition) is 2. The Morgan fingerprint density at radius 2 is 2.28 bits per heavy atom. The third-order valence-corrected chi connectivity index (χ3v) is 2.82. The van der Waals surface area contributed by atoms with Gasteiger partial charge in [0.1, 0.15) is 5.75 Å². The Hall–Kier alpha value is -1.27. The van der Waals surface area contributed by atoms with Crippen molar-refractivity contribution in [2.24, 2.45) is 0 Å². The van der Waals surface area contributed by atoms with Crippen molar-refractivity contribution < 1.29 is 14.3 Å². The summed E-state index contributed by atoms with van der Waals surface area (Å²) < 4.78 is 11.0. The summed E-state index contributed by atoms with van der Waals surface area (Å²) in [5, 5.41) is 2.73. The Morgan fingerprint density at radius 1 is 1.50 bits per heavy atom. The summed E-state index contributed by atoms with van der Waals surface area (Å²) in [5.41, 5.74) is 6.22. The second-order valence-corrected chi connectivity index (χ2v) is 4.53. The topological polar surface area (TPSA) is 73.6 Å². The molecule has 1 aromatic rings. The van der Waals surface area contributed by atoms with Gasteiger partial charge in [0.15, 0.2) is 6.61 Å². The van der Waals surface area contributed by atoms with Crippen LogP contribution in [0.15, 0.2) is 22.7 Å². The quantitative estimate of drug-likeness (QED) is 0.591. The van der Waals surface area contributed by atoms with Gasteiger partial charge >= 0.3 is 0 Å². The molecule has 5 nitrogen and oxygen atoms in total. The molecular weight excluding hydrogens is 300 g/mol. The van der Waals surface area contributed by atoms with Crippen LogP contribution in [-0.2, 0) is 9.53 Å². The van der Waals surface area contributed by atoms with Gasteiger partial charge in [-0.05, 0) is 34.5 Å². The monoisotopic (exact) mass is 316 g/mol. The smallest absolute Gasteiger partial charge is 0.257 e. The van der Waals surface area contributed by atoms with Crippen molar-refractivity contribution in [3.63, 3.8) is 0 Å². The number of amides is 1. The van der Waals surface area contributed by atoms with Gasteiger partial charge in [-0.3, -0.25) is 4.79 Å². The number of nitrogen functional groups attached to an aromatic ring is 1. The summed E-state index contributed by atoms with van der Waals surface area (Å²) in [4.78, 5) is 11.5. The average molecular weight is 317 g/mol. The number of halogens is 1. The number of nitrogens with two attached hydrogens (primary N) is 1. The fourth-order valence-corrected chi connectivity index (χ4v) is 1.63. The van der Waals surface area contributed by atoms with Crippen molar-refractivity contribution in [3.8, 4) is 5.75 Å². The van der Waals surface area contributed by atoms with E-state index in [0.29, 0.717) is 24.6 Å². The zero-order valence-electron chi connectivity index (χ0n) is 10.2. The van der Waals surface area contributed by atoms with Crippen LogP contribution in [0.2, 0.25) is 0 Å². The van der Waals surface area contributed by atoms with E-state index in [-0.39, 0.29) is 12.5 Å². The number of methoxy groups -OCH3 is 1. The van der Waals surface area contributed by atoms with E-state index < -0.39 is 0 Å². The third kappa shape index (κ3) is 5.37. The van der Waals surface area contributed by atoms with Crippen molar-refractivity contribution in [1.82, 2.24) is 5.32 Å². The SMILES string of the molecule is COCCCNC(=O)COc1cc(N)ccc1Br. The van der Waals surface area contributed by atoms with E-state index >= 15 is 0 Å². The predicted octanol–water partition coefficient (Wildman–Crippen LogP) is 1.56. The van der Waals surface area contributed by atoms with Crippen LogP contribution in [-0.4, -0.2) is 32.8 Å². The van der Waals surface area contributed by atoms with Gasteiger partial charge in [0, 0.05) is 32.0 Å². The highest BCUT2D eigenvalue weighted by Gasteiger charge is 2.05. The molecule has 0 aliphatic carbocycles. The normalized spacial score (nSPS) is 10.1. The summed E-state index contributed by atoms with van der Waals surface area (Å²) in [6, 6.07) is 5.20. The molecule has 0 saturated heterocycles. The first-order chi connectivity index (χ1) is 8.63. The first-order valence-electron chi connectivity index (χ1n) is 5.57. The Balaban J connectivity index is 2.31. The zero-order valence-corrected chi connectivity index (χ0v) is 11.8. The molecule has 1 aromatic carbocycles. The van der Waals surface area contributed by atoms with Gasteiger partial charge in [-0.2, -0.15) is 0 Å². The molecule has 1 rings (SSSR count). The summed E-state index contributed by atoms with van der Waals surface area (Å²) in [5.74, 6) is 0.391. The van der Waals surface area contributed by atoms with Crippen LogP contribution in [0.5, 0.6) is 5.75 Å². The standard InChI is InChI=1S/C12H17BrN2O3/c1-17-6-2-5-15-12(16)8-18-11-7-9(14)3-4-10(11)13/h3-4,7H,2,5-6,8,14H2,1H3,(H,15,16). The van der Waals surface area contributed by atoms with E-state index in [1.54, 1.807) is 25.3 Å². The maximum atomic E-state index is 11.5. The van der Waals surface area contributed by atoms with Crippen molar-refractivity contribution >= 4 is 27.5 Å². The maximum absolute atomic E-state index is 11.5. The van der Waals surface area contributed by atoms with E-state index in [1.165, 1.54) is 0 Å². The average Bonchev–Trinajstić information content (AvgIpc) is 2.36. The highest BCUT2D eigenvalue weighted by molar-refractivity contribution is 9.10. The largest absolute Gasteiger partial charge is 0.483 e. The van der Waals surface area contributed by atoms with Gasteiger partial charge in [0.2, 0.25) is 0 Å². The van der Waals surface area contributed by atoms with E-state index in [1.807, 2.05) is 0 Å². The number of carbonyl (C=O) groups excluding carboxylic acids is 1. The fourth-order valence-electron chi connectivity index (χ4n) is 1.27. The van der Waals surface area contributed by atoms with E-state index in [4.69, 9.17) is 15.2 Å². The molecule has 0 unspecified atom stereocenters. The molecule has 3 N–H and O–H groups in total. The van der Waals surface area contributed by atoms with Crippen molar-refractivity contribution in [2.45, 2.75) is 6.42 Å². The Bertz CT molecular complexity index is 399. The van der Waals surface area contributed by atoms with E-state index in [2.05, 4.69) is 21.2 Å². The lowest BCUT2D eigenvalue weighted by atomic mass is 10.3. The molecule has 0 bridgehead atoms. The molecule has 0 saturated carbocycles. The van der Waals surface area contributed by atoms with Crippen LogP contribution in [0, 0.1) is 0 Å². The van der Waals surface area contributed by atoms with Crippen molar-refractivity contribution in [1.29, 1.82) is 0 Å². The molecule has 0 aliphatic rings. The second kappa shape index (κ2) is 7.94. The summed E-state index contributed by atoms with van der Waals surface area (Å²) in [6.07, 6.45) is 0.782. The first-order valence-corrected chi connectivity index (χ1v) is 6.36. The number of hydrogen-bond acceptors (Lipinski definition) is 4. The van der Waals surface area contributed by atoms with Gasteiger partial charge in [0.05, 0.1) is 4.47 Å². The molecule has 0 radical (unpaired) electrons. The molecule has 0 atom stereocenters. The minimum atomic E-state index is -0.166. The lowest BCUT2D eigenvalue weighted by Gasteiger charge is -2.09. The minimum Gasteiger partial charge on any atom is -0.483 e. The molecule has 6 heteroatoms. The van der Waals surface area contributed by atoms with E-state index in [9.17, 15) is 4.79 Å². The summed E-state index contributed by atoms with van der Waals surface area (Å²) in [6.45, 7) is 1.17. The lowest BCUT2D eigenvalue weighted by Crippen LogP contribution is -2.30. The van der Waals surface area contributed by atoms with Crippen molar-refractivity contribution in [2.75, 3.05) is 32.6 Å². The van der Waals surface area contributed by atoms with Crippen LogP contribution in [0.4, 0.5) is 5.69 Å². The summed E-state index contributed by atoms with van der Waals surface area (Å²) >= 11 is 3.32. The second-order valence-electron chi connectivity index (χ2n) is 3.67. The molecule has 0 aliphatic heterocycles. The van der Waals surface area contributed by atoms with Gasteiger partial charge in [-0.25, -0.2) is 0 Å². The highest BCUT2D eigenvalue weighted by Crippen LogP contribution is 2.26. The van der Waals surface area contributed by atoms with Gasteiger partial charge in [0.25, 0.3) is 5.91 Å². The first kappa shape index (κ1) is 14.8. The van der Waals surface area contributed by atoms with Crippen LogP contribution in [0.3, 0.4) is 0 Å². The number of carbonyl (C=O) groups is 1. The molecule has 0 fully saturated rings. The molecule has 0 spiro atoms.